The monoisotopic (exact) mass is 343 g/mol. The number of nitrogens with zero attached hydrogens (tertiary/aromatic N) is 3. The Labute approximate surface area is 146 Å². The lowest BCUT2D eigenvalue weighted by Crippen LogP contribution is -2.54. The summed E-state index contributed by atoms with van der Waals surface area (Å²) in [7, 11) is 0. The molecule has 1 aromatic heterocycles. The van der Waals surface area contributed by atoms with Crippen molar-refractivity contribution in [1.29, 1.82) is 0 Å². The molecule has 1 unspecified atom stereocenters. The zero-order valence-corrected chi connectivity index (χ0v) is 14.2. The van der Waals surface area contributed by atoms with Crippen LogP contribution in [0, 0.1) is 5.82 Å². The second-order valence-electron chi connectivity index (χ2n) is 6.38. The summed E-state index contributed by atoms with van der Waals surface area (Å²) in [4.78, 5) is 20.1. The van der Waals surface area contributed by atoms with E-state index in [1.165, 1.54) is 6.20 Å². The molecule has 1 aromatic carbocycles. The third-order valence-corrected chi connectivity index (χ3v) is 4.58. The SMILES string of the molecule is CC1CN(C(=O)CCc2cccc(O)c2)CCN1c1ccncc1F. The number of phenolic OH excluding ortho intramolecular Hbond substituents is 1. The summed E-state index contributed by atoms with van der Waals surface area (Å²) in [6.07, 6.45) is 3.80. The fourth-order valence-electron chi connectivity index (χ4n) is 3.26. The van der Waals surface area contributed by atoms with Gasteiger partial charge in [-0.3, -0.25) is 9.78 Å². The van der Waals surface area contributed by atoms with Gasteiger partial charge in [0.25, 0.3) is 0 Å². The zero-order chi connectivity index (χ0) is 17.8. The smallest absolute Gasteiger partial charge is 0.223 e. The highest BCUT2D eigenvalue weighted by molar-refractivity contribution is 5.77. The van der Waals surface area contributed by atoms with E-state index in [4.69, 9.17) is 0 Å². The largest absolute Gasteiger partial charge is 0.508 e. The van der Waals surface area contributed by atoms with Crippen molar-refractivity contribution in [2.45, 2.75) is 25.8 Å². The minimum absolute atomic E-state index is 0.0374. The van der Waals surface area contributed by atoms with E-state index in [0.29, 0.717) is 38.2 Å². The summed E-state index contributed by atoms with van der Waals surface area (Å²) >= 11 is 0. The van der Waals surface area contributed by atoms with Gasteiger partial charge in [-0.1, -0.05) is 12.1 Å². The Bertz CT molecular complexity index is 753. The average Bonchev–Trinajstić information content (AvgIpc) is 2.60. The molecular weight excluding hydrogens is 321 g/mol. The van der Waals surface area contributed by atoms with Crippen molar-refractivity contribution in [2.75, 3.05) is 24.5 Å². The van der Waals surface area contributed by atoms with E-state index < -0.39 is 0 Å². The first-order valence-corrected chi connectivity index (χ1v) is 8.46. The van der Waals surface area contributed by atoms with Crippen LogP contribution in [0.15, 0.2) is 42.7 Å². The summed E-state index contributed by atoms with van der Waals surface area (Å²) in [6.45, 7) is 3.74. The van der Waals surface area contributed by atoms with Crippen molar-refractivity contribution in [3.63, 3.8) is 0 Å². The molecule has 25 heavy (non-hydrogen) atoms. The van der Waals surface area contributed by atoms with Crippen molar-refractivity contribution in [2.24, 2.45) is 0 Å². The molecule has 1 N–H and O–H groups in total. The van der Waals surface area contributed by atoms with Gasteiger partial charge >= 0.3 is 0 Å². The van der Waals surface area contributed by atoms with Crippen LogP contribution >= 0.6 is 0 Å². The molecule has 1 fully saturated rings. The molecule has 0 saturated carbocycles. The number of carbonyl (C=O) groups is 1. The number of aromatic nitrogens is 1. The Balaban J connectivity index is 1.57. The molecule has 2 aromatic rings. The van der Waals surface area contributed by atoms with Crippen molar-refractivity contribution in [1.82, 2.24) is 9.88 Å². The highest BCUT2D eigenvalue weighted by Gasteiger charge is 2.27. The van der Waals surface area contributed by atoms with Crippen molar-refractivity contribution >= 4 is 11.6 Å². The Hall–Kier alpha value is -2.63. The number of hydrogen-bond donors (Lipinski definition) is 1. The number of phenols is 1. The van der Waals surface area contributed by atoms with Gasteiger partial charge < -0.3 is 14.9 Å². The molecule has 0 aliphatic carbocycles. The van der Waals surface area contributed by atoms with E-state index in [9.17, 15) is 14.3 Å². The zero-order valence-electron chi connectivity index (χ0n) is 14.2. The van der Waals surface area contributed by atoms with Crippen LogP contribution in [0.3, 0.4) is 0 Å². The summed E-state index contributed by atoms with van der Waals surface area (Å²) in [6, 6.07) is 8.68. The predicted octanol–water partition coefficient (Wildman–Crippen LogP) is 2.60. The van der Waals surface area contributed by atoms with E-state index in [1.807, 2.05) is 22.8 Å². The second-order valence-corrected chi connectivity index (χ2v) is 6.38. The van der Waals surface area contributed by atoms with Gasteiger partial charge in [-0.25, -0.2) is 4.39 Å². The lowest BCUT2D eigenvalue weighted by atomic mass is 10.1. The molecule has 1 amide bonds. The topological polar surface area (TPSA) is 56.7 Å². The number of benzene rings is 1. The number of halogens is 1. The number of hydrogen-bond acceptors (Lipinski definition) is 4. The van der Waals surface area contributed by atoms with E-state index in [2.05, 4.69) is 4.98 Å². The third-order valence-electron chi connectivity index (χ3n) is 4.58. The molecule has 6 heteroatoms. The predicted molar refractivity (Wildman–Crippen MR) is 94.0 cm³/mol. The summed E-state index contributed by atoms with van der Waals surface area (Å²) in [5.41, 5.74) is 1.48. The standard InChI is InChI=1S/C19H22FN3O2/c1-14-13-22(9-10-23(14)18-7-8-21-12-17(18)20)19(25)6-5-15-3-2-4-16(24)11-15/h2-4,7-8,11-12,14,24H,5-6,9-10,13H2,1H3. The molecule has 1 aliphatic heterocycles. The summed E-state index contributed by atoms with van der Waals surface area (Å²) in [5, 5.41) is 9.49. The molecule has 3 rings (SSSR count). The first kappa shape index (κ1) is 17.2. The maximum atomic E-state index is 13.9. The normalized spacial score (nSPS) is 17.6. The third kappa shape index (κ3) is 4.07. The quantitative estimate of drug-likeness (QED) is 0.927. The first-order chi connectivity index (χ1) is 12.0. The molecule has 0 bridgehead atoms. The van der Waals surface area contributed by atoms with Crippen molar-refractivity contribution in [3.8, 4) is 5.75 Å². The Morgan fingerprint density at radius 1 is 1.36 bits per heavy atom. The highest BCUT2D eigenvalue weighted by atomic mass is 19.1. The number of aromatic hydroxyl groups is 1. The van der Waals surface area contributed by atoms with Gasteiger partial charge in [-0.15, -0.1) is 0 Å². The van der Waals surface area contributed by atoms with Crippen LogP contribution in [-0.4, -0.2) is 46.6 Å². The Morgan fingerprint density at radius 3 is 2.92 bits per heavy atom. The number of piperazine rings is 1. The van der Waals surface area contributed by atoms with Gasteiger partial charge in [-0.05, 0) is 37.1 Å². The molecular formula is C19H22FN3O2. The minimum atomic E-state index is -0.335. The van der Waals surface area contributed by atoms with E-state index >= 15 is 0 Å². The summed E-state index contributed by atoms with van der Waals surface area (Å²) in [5.74, 6) is -0.0328. The highest BCUT2D eigenvalue weighted by Crippen LogP contribution is 2.23. The molecule has 132 valence electrons. The van der Waals surface area contributed by atoms with Crippen LogP contribution in [-0.2, 0) is 11.2 Å². The molecule has 2 heterocycles. The first-order valence-electron chi connectivity index (χ1n) is 8.46. The number of rotatable bonds is 4. The van der Waals surface area contributed by atoms with Crippen LogP contribution in [0.4, 0.5) is 10.1 Å². The fraction of sp³-hybridized carbons (Fsp3) is 0.368. The average molecular weight is 343 g/mol. The van der Waals surface area contributed by atoms with Gasteiger partial charge in [0.2, 0.25) is 5.91 Å². The molecule has 1 saturated heterocycles. The minimum Gasteiger partial charge on any atom is -0.508 e. The van der Waals surface area contributed by atoms with Gasteiger partial charge in [0.05, 0.1) is 11.9 Å². The van der Waals surface area contributed by atoms with E-state index in [-0.39, 0.29) is 23.5 Å². The van der Waals surface area contributed by atoms with Gasteiger partial charge in [0.15, 0.2) is 5.82 Å². The maximum Gasteiger partial charge on any atom is 0.223 e. The molecule has 5 nitrogen and oxygen atoms in total. The lowest BCUT2D eigenvalue weighted by molar-refractivity contribution is -0.131. The van der Waals surface area contributed by atoms with Crippen LogP contribution in [0.1, 0.15) is 18.9 Å². The van der Waals surface area contributed by atoms with Gasteiger partial charge in [0, 0.05) is 38.3 Å². The van der Waals surface area contributed by atoms with Crippen molar-refractivity contribution in [3.05, 3.63) is 54.1 Å². The fourth-order valence-corrected chi connectivity index (χ4v) is 3.26. The Morgan fingerprint density at radius 2 is 2.20 bits per heavy atom. The van der Waals surface area contributed by atoms with Crippen LogP contribution in [0.2, 0.25) is 0 Å². The number of carbonyl (C=O) groups excluding carboxylic acids is 1. The maximum absolute atomic E-state index is 13.9. The second kappa shape index (κ2) is 7.51. The summed E-state index contributed by atoms with van der Waals surface area (Å²) < 4.78 is 13.9. The van der Waals surface area contributed by atoms with E-state index in [1.54, 1.807) is 30.5 Å². The molecule has 0 spiro atoms. The number of anilines is 1. The number of aryl methyl sites for hydroxylation is 1. The lowest BCUT2D eigenvalue weighted by Gasteiger charge is -2.41. The van der Waals surface area contributed by atoms with Crippen LogP contribution < -0.4 is 4.90 Å². The molecule has 1 aliphatic rings. The molecule has 1 atom stereocenters. The van der Waals surface area contributed by atoms with E-state index in [0.717, 1.165) is 5.56 Å². The van der Waals surface area contributed by atoms with Crippen LogP contribution in [0.5, 0.6) is 5.75 Å². The van der Waals surface area contributed by atoms with Gasteiger partial charge in [-0.2, -0.15) is 0 Å². The number of amides is 1. The van der Waals surface area contributed by atoms with Crippen molar-refractivity contribution < 1.29 is 14.3 Å². The van der Waals surface area contributed by atoms with Gasteiger partial charge in [0.1, 0.15) is 5.75 Å². The number of pyridine rings is 1. The molecule has 0 radical (unpaired) electrons. The van der Waals surface area contributed by atoms with Crippen LogP contribution in [0.25, 0.3) is 0 Å². The Kier molecular flexibility index (Phi) is 5.16.